The van der Waals surface area contributed by atoms with Gasteiger partial charge in [-0.1, -0.05) is 0 Å². The number of hydrogen-bond acceptors (Lipinski definition) is 4. The average Bonchev–Trinajstić information content (AvgIpc) is 2.08. The van der Waals surface area contributed by atoms with Gasteiger partial charge in [0.2, 0.25) is 0 Å². The summed E-state index contributed by atoms with van der Waals surface area (Å²) in [4.78, 5) is 10.9. The standard InChI is InChI=1S/C7H11FO4S/c1-12-7(9)5-4-13(10,11)3-2-6(5)8/h5-6H,2-4H2,1H3/t5-,6-/m1/s1. The number of carbonyl (C=O) groups excluding carboxylic acids is 1. The topological polar surface area (TPSA) is 60.4 Å². The van der Waals surface area contributed by atoms with Crippen molar-refractivity contribution >= 4 is 15.8 Å². The SMILES string of the molecule is COC(=O)[C@@H]1CS(=O)(=O)CC[C@H]1F. The Morgan fingerprint density at radius 2 is 2.15 bits per heavy atom. The number of esters is 1. The summed E-state index contributed by atoms with van der Waals surface area (Å²) in [5.74, 6) is -2.53. The molecule has 1 aliphatic rings. The van der Waals surface area contributed by atoms with Crippen molar-refractivity contribution in [2.45, 2.75) is 12.6 Å². The molecule has 1 heterocycles. The van der Waals surface area contributed by atoms with Gasteiger partial charge < -0.3 is 4.74 Å². The van der Waals surface area contributed by atoms with Gasteiger partial charge in [0.1, 0.15) is 12.1 Å². The number of rotatable bonds is 1. The zero-order valence-electron chi connectivity index (χ0n) is 7.20. The van der Waals surface area contributed by atoms with Crippen molar-refractivity contribution in [2.75, 3.05) is 18.6 Å². The lowest BCUT2D eigenvalue weighted by molar-refractivity contribution is -0.147. The van der Waals surface area contributed by atoms with E-state index in [-0.39, 0.29) is 12.2 Å². The molecule has 0 radical (unpaired) electrons. The van der Waals surface area contributed by atoms with Crippen molar-refractivity contribution in [3.63, 3.8) is 0 Å². The van der Waals surface area contributed by atoms with Crippen LogP contribution in [0.2, 0.25) is 0 Å². The molecular weight excluding hydrogens is 199 g/mol. The van der Waals surface area contributed by atoms with Crippen LogP contribution in [-0.4, -0.2) is 39.2 Å². The number of methoxy groups -OCH3 is 1. The van der Waals surface area contributed by atoms with E-state index in [9.17, 15) is 17.6 Å². The summed E-state index contributed by atoms with van der Waals surface area (Å²) < 4.78 is 39.5. The monoisotopic (exact) mass is 210 g/mol. The van der Waals surface area contributed by atoms with Crippen LogP contribution in [0.1, 0.15) is 6.42 Å². The van der Waals surface area contributed by atoms with Crippen LogP contribution >= 0.6 is 0 Å². The molecule has 1 fully saturated rings. The van der Waals surface area contributed by atoms with Crippen LogP contribution in [0.3, 0.4) is 0 Å². The summed E-state index contributed by atoms with van der Waals surface area (Å²) in [6.45, 7) is 0. The van der Waals surface area contributed by atoms with Crippen LogP contribution in [-0.2, 0) is 19.4 Å². The molecule has 0 aromatic rings. The fourth-order valence-electron chi connectivity index (χ4n) is 1.32. The van der Waals surface area contributed by atoms with E-state index in [2.05, 4.69) is 4.74 Å². The van der Waals surface area contributed by atoms with Gasteiger partial charge in [0.25, 0.3) is 0 Å². The summed E-state index contributed by atoms with van der Waals surface area (Å²) in [6, 6.07) is 0. The second kappa shape index (κ2) is 3.61. The maximum absolute atomic E-state index is 13.1. The van der Waals surface area contributed by atoms with Crippen LogP contribution in [0, 0.1) is 5.92 Å². The van der Waals surface area contributed by atoms with Crippen LogP contribution in [0.15, 0.2) is 0 Å². The van der Waals surface area contributed by atoms with Crippen molar-refractivity contribution in [2.24, 2.45) is 5.92 Å². The lowest BCUT2D eigenvalue weighted by Crippen LogP contribution is -2.39. The van der Waals surface area contributed by atoms with Gasteiger partial charge in [0.05, 0.1) is 18.6 Å². The number of ether oxygens (including phenoxy) is 1. The van der Waals surface area contributed by atoms with Crippen LogP contribution in [0.25, 0.3) is 0 Å². The van der Waals surface area contributed by atoms with Crippen LogP contribution in [0.5, 0.6) is 0 Å². The van der Waals surface area contributed by atoms with Gasteiger partial charge in [-0.3, -0.25) is 4.79 Å². The minimum atomic E-state index is -3.26. The first-order valence-electron chi connectivity index (χ1n) is 3.88. The molecule has 1 rings (SSSR count). The van der Waals surface area contributed by atoms with Gasteiger partial charge in [-0.2, -0.15) is 0 Å². The molecule has 0 aliphatic carbocycles. The Kier molecular flexibility index (Phi) is 2.90. The summed E-state index contributed by atoms with van der Waals surface area (Å²) in [7, 11) is -2.14. The quantitative estimate of drug-likeness (QED) is 0.568. The highest BCUT2D eigenvalue weighted by molar-refractivity contribution is 7.91. The molecule has 0 amide bonds. The van der Waals surface area contributed by atoms with Gasteiger partial charge in [0.15, 0.2) is 9.84 Å². The first-order chi connectivity index (χ1) is 5.96. The molecule has 0 unspecified atom stereocenters. The highest BCUT2D eigenvalue weighted by Crippen LogP contribution is 2.22. The minimum Gasteiger partial charge on any atom is -0.469 e. The lowest BCUT2D eigenvalue weighted by Gasteiger charge is -2.23. The molecule has 0 aromatic heterocycles. The fraction of sp³-hybridized carbons (Fsp3) is 0.857. The Hall–Kier alpha value is -0.650. The van der Waals surface area contributed by atoms with E-state index < -0.39 is 33.6 Å². The van der Waals surface area contributed by atoms with Crippen molar-refractivity contribution in [3.05, 3.63) is 0 Å². The predicted octanol–water partition coefficient (Wildman–Crippen LogP) is -0.0678. The Bertz CT molecular complexity index is 298. The lowest BCUT2D eigenvalue weighted by atomic mass is 10.0. The number of sulfone groups is 1. The van der Waals surface area contributed by atoms with Crippen molar-refractivity contribution in [1.82, 2.24) is 0 Å². The first kappa shape index (κ1) is 10.4. The van der Waals surface area contributed by atoms with E-state index in [1.807, 2.05) is 0 Å². The zero-order chi connectivity index (χ0) is 10.1. The summed E-state index contributed by atoms with van der Waals surface area (Å²) in [5.41, 5.74) is 0. The molecule has 2 atom stereocenters. The summed E-state index contributed by atoms with van der Waals surface area (Å²) in [6.07, 6.45) is -1.50. The Morgan fingerprint density at radius 1 is 1.54 bits per heavy atom. The van der Waals surface area contributed by atoms with Crippen LogP contribution < -0.4 is 0 Å². The maximum atomic E-state index is 13.1. The Labute approximate surface area is 76.0 Å². The fourth-order valence-corrected chi connectivity index (χ4v) is 2.96. The van der Waals surface area contributed by atoms with E-state index in [0.717, 1.165) is 7.11 Å². The van der Waals surface area contributed by atoms with Gasteiger partial charge in [-0.25, -0.2) is 12.8 Å². The van der Waals surface area contributed by atoms with Gasteiger partial charge in [-0.05, 0) is 6.42 Å². The highest BCUT2D eigenvalue weighted by atomic mass is 32.2. The second-order valence-electron chi connectivity index (χ2n) is 3.05. The van der Waals surface area contributed by atoms with Crippen molar-refractivity contribution in [3.8, 4) is 0 Å². The Balaban J connectivity index is 2.77. The number of alkyl halides is 1. The average molecular weight is 210 g/mol. The maximum Gasteiger partial charge on any atom is 0.312 e. The van der Waals surface area contributed by atoms with Gasteiger partial charge >= 0.3 is 5.97 Å². The highest BCUT2D eigenvalue weighted by Gasteiger charge is 2.38. The van der Waals surface area contributed by atoms with Crippen molar-refractivity contribution < 1.29 is 22.3 Å². The smallest absolute Gasteiger partial charge is 0.312 e. The van der Waals surface area contributed by atoms with E-state index in [1.54, 1.807) is 0 Å². The molecular formula is C7H11FO4S. The van der Waals surface area contributed by atoms with E-state index in [4.69, 9.17) is 0 Å². The first-order valence-corrected chi connectivity index (χ1v) is 5.71. The third-order valence-corrected chi connectivity index (χ3v) is 3.80. The molecule has 0 saturated carbocycles. The van der Waals surface area contributed by atoms with Crippen molar-refractivity contribution in [1.29, 1.82) is 0 Å². The van der Waals surface area contributed by atoms with E-state index in [0.29, 0.717) is 0 Å². The number of hydrogen-bond donors (Lipinski definition) is 0. The Morgan fingerprint density at radius 3 is 2.69 bits per heavy atom. The molecule has 76 valence electrons. The van der Waals surface area contributed by atoms with Gasteiger partial charge in [0, 0.05) is 0 Å². The predicted molar refractivity (Wildman–Crippen MR) is 43.7 cm³/mol. The van der Waals surface area contributed by atoms with Gasteiger partial charge in [-0.15, -0.1) is 0 Å². The summed E-state index contributed by atoms with van der Waals surface area (Å²) in [5, 5.41) is 0. The molecule has 4 nitrogen and oxygen atoms in total. The molecule has 13 heavy (non-hydrogen) atoms. The molecule has 0 spiro atoms. The second-order valence-corrected chi connectivity index (χ2v) is 5.28. The normalized spacial score (nSPS) is 32.5. The molecule has 1 aliphatic heterocycles. The largest absolute Gasteiger partial charge is 0.469 e. The number of carbonyl (C=O) groups is 1. The summed E-state index contributed by atoms with van der Waals surface area (Å²) >= 11 is 0. The van der Waals surface area contributed by atoms with E-state index >= 15 is 0 Å². The van der Waals surface area contributed by atoms with E-state index in [1.165, 1.54) is 0 Å². The molecule has 6 heteroatoms. The molecule has 0 aromatic carbocycles. The third-order valence-electron chi connectivity index (χ3n) is 2.08. The third kappa shape index (κ3) is 2.40. The number of halogens is 1. The molecule has 0 N–H and O–H groups in total. The molecule has 0 bridgehead atoms. The van der Waals surface area contributed by atoms with Crippen LogP contribution in [0.4, 0.5) is 4.39 Å². The minimum absolute atomic E-state index is 0.109. The molecule has 1 saturated heterocycles. The zero-order valence-corrected chi connectivity index (χ0v) is 8.01.